The molecule has 1 unspecified atom stereocenters. The van der Waals surface area contributed by atoms with Gasteiger partial charge in [0.25, 0.3) is 0 Å². The van der Waals surface area contributed by atoms with Crippen LogP contribution in [-0.4, -0.2) is 24.4 Å². The van der Waals surface area contributed by atoms with Crippen molar-refractivity contribution in [3.05, 3.63) is 29.8 Å². The molecule has 3 heteroatoms. The third-order valence-electron chi connectivity index (χ3n) is 2.88. The summed E-state index contributed by atoms with van der Waals surface area (Å²) in [6.45, 7) is 6.36. The number of aliphatic hydroxyl groups is 1. The van der Waals surface area contributed by atoms with Gasteiger partial charge in [-0.1, -0.05) is 18.2 Å². The first kappa shape index (κ1) is 14.0. The average Bonchev–Trinajstić information content (AvgIpc) is 2.29. The Morgan fingerprint density at radius 1 is 1.29 bits per heavy atom. The van der Waals surface area contributed by atoms with Gasteiger partial charge in [0, 0.05) is 19.1 Å². The van der Waals surface area contributed by atoms with Crippen LogP contribution in [-0.2, 0) is 4.74 Å². The van der Waals surface area contributed by atoms with Crippen LogP contribution in [0.15, 0.2) is 24.3 Å². The quantitative estimate of drug-likeness (QED) is 0.828. The van der Waals surface area contributed by atoms with Crippen LogP contribution in [0.4, 0.5) is 0 Å². The van der Waals surface area contributed by atoms with E-state index in [0.717, 1.165) is 17.7 Å². The number of hydrogen-bond acceptors (Lipinski definition) is 3. The van der Waals surface area contributed by atoms with Crippen molar-refractivity contribution in [3.63, 3.8) is 0 Å². The SMILES string of the molecule is COC(C)(C)CCOc1ccccc1C(C)O. The summed E-state index contributed by atoms with van der Waals surface area (Å²) in [6, 6.07) is 7.56. The lowest BCUT2D eigenvalue weighted by molar-refractivity contribution is 0.00522. The summed E-state index contributed by atoms with van der Waals surface area (Å²) in [6.07, 6.45) is 0.291. The maximum absolute atomic E-state index is 9.61. The summed E-state index contributed by atoms with van der Waals surface area (Å²) in [5, 5.41) is 9.61. The first-order valence-corrected chi connectivity index (χ1v) is 5.91. The van der Waals surface area contributed by atoms with Crippen molar-refractivity contribution in [2.45, 2.75) is 38.9 Å². The van der Waals surface area contributed by atoms with Crippen molar-refractivity contribution < 1.29 is 14.6 Å². The largest absolute Gasteiger partial charge is 0.493 e. The van der Waals surface area contributed by atoms with Crippen LogP contribution in [0.1, 0.15) is 38.9 Å². The van der Waals surface area contributed by atoms with E-state index >= 15 is 0 Å². The molecule has 96 valence electrons. The van der Waals surface area contributed by atoms with Crippen molar-refractivity contribution in [2.24, 2.45) is 0 Å². The highest BCUT2D eigenvalue weighted by atomic mass is 16.5. The minimum Gasteiger partial charge on any atom is -0.493 e. The highest BCUT2D eigenvalue weighted by molar-refractivity contribution is 5.34. The molecular formula is C14H22O3. The number of ether oxygens (including phenoxy) is 2. The van der Waals surface area contributed by atoms with E-state index in [2.05, 4.69) is 0 Å². The smallest absolute Gasteiger partial charge is 0.125 e. The molecule has 1 atom stereocenters. The van der Waals surface area contributed by atoms with E-state index in [1.807, 2.05) is 38.1 Å². The molecule has 3 nitrogen and oxygen atoms in total. The molecule has 0 saturated heterocycles. The maximum Gasteiger partial charge on any atom is 0.125 e. The second-order valence-corrected chi connectivity index (χ2v) is 4.78. The van der Waals surface area contributed by atoms with E-state index in [1.54, 1.807) is 14.0 Å². The third-order valence-corrected chi connectivity index (χ3v) is 2.88. The van der Waals surface area contributed by atoms with Crippen LogP contribution in [0.3, 0.4) is 0 Å². The third kappa shape index (κ3) is 4.36. The van der Waals surface area contributed by atoms with Gasteiger partial charge in [0.1, 0.15) is 5.75 Å². The maximum atomic E-state index is 9.61. The number of hydrogen-bond donors (Lipinski definition) is 1. The molecular weight excluding hydrogens is 216 g/mol. The molecule has 1 rings (SSSR count). The van der Waals surface area contributed by atoms with Crippen LogP contribution in [0.2, 0.25) is 0 Å². The van der Waals surface area contributed by atoms with Crippen LogP contribution < -0.4 is 4.74 Å². The van der Waals surface area contributed by atoms with Gasteiger partial charge >= 0.3 is 0 Å². The fourth-order valence-corrected chi connectivity index (χ4v) is 1.47. The zero-order valence-electron chi connectivity index (χ0n) is 11.1. The predicted molar refractivity (Wildman–Crippen MR) is 68.3 cm³/mol. The average molecular weight is 238 g/mol. The predicted octanol–water partition coefficient (Wildman–Crippen LogP) is 2.93. The summed E-state index contributed by atoms with van der Waals surface area (Å²) < 4.78 is 11.0. The van der Waals surface area contributed by atoms with Gasteiger partial charge in [0.2, 0.25) is 0 Å². The lowest BCUT2D eigenvalue weighted by atomic mass is 10.1. The van der Waals surface area contributed by atoms with Crippen LogP contribution in [0.5, 0.6) is 5.75 Å². The van der Waals surface area contributed by atoms with E-state index < -0.39 is 6.10 Å². The van der Waals surface area contributed by atoms with Crippen molar-refractivity contribution >= 4 is 0 Å². The van der Waals surface area contributed by atoms with Gasteiger partial charge in [-0.3, -0.25) is 0 Å². The summed E-state index contributed by atoms with van der Waals surface area (Å²) in [5.41, 5.74) is 0.641. The molecule has 0 radical (unpaired) electrons. The Morgan fingerprint density at radius 3 is 2.53 bits per heavy atom. The minimum atomic E-state index is -0.512. The van der Waals surface area contributed by atoms with Gasteiger partial charge in [0.05, 0.1) is 18.3 Å². The Bertz CT molecular complexity index is 345. The van der Waals surface area contributed by atoms with Gasteiger partial charge in [-0.15, -0.1) is 0 Å². The molecule has 0 bridgehead atoms. The summed E-state index contributed by atoms with van der Waals surface area (Å²) in [5.74, 6) is 0.745. The first-order chi connectivity index (χ1) is 7.96. The minimum absolute atomic E-state index is 0.181. The molecule has 0 saturated carbocycles. The Morgan fingerprint density at radius 2 is 1.94 bits per heavy atom. The molecule has 1 aromatic carbocycles. The monoisotopic (exact) mass is 238 g/mol. The molecule has 1 N–H and O–H groups in total. The second kappa shape index (κ2) is 6.03. The van der Waals surface area contributed by atoms with E-state index in [-0.39, 0.29) is 5.60 Å². The van der Waals surface area contributed by atoms with Gasteiger partial charge in [-0.2, -0.15) is 0 Å². The highest BCUT2D eigenvalue weighted by Crippen LogP contribution is 2.25. The number of aliphatic hydroxyl groups excluding tert-OH is 1. The molecule has 0 heterocycles. The molecule has 0 aliphatic rings. The fraction of sp³-hybridized carbons (Fsp3) is 0.571. The number of para-hydroxylation sites is 1. The summed E-state index contributed by atoms with van der Waals surface area (Å²) in [4.78, 5) is 0. The standard InChI is InChI=1S/C14H22O3/c1-11(15)12-7-5-6-8-13(12)17-10-9-14(2,3)16-4/h5-8,11,15H,9-10H2,1-4H3. The van der Waals surface area contributed by atoms with Crippen LogP contribution >= 0.6 is 0 Å². The molecule has 0 aliphatic carbocycles. The molecule has 0 amide bonds. The number of benzene rings is 1. The topological polar surface area (TPSA) is 38.7 Å². The lowest BCUT2D eigenvalue weighted by Gasteiger charge is -2.23. The van der Waals surface area contributed by atoms with Crippen LogP contribution in [0, 0.1) is 0 Å². The van der Waals surface area contributed by atoms with E-state index in [4.69, 9.17) is 9.47 Å². The first-order valence-electron chi connectivity index (χ1n) is 5.91. The van der Waals surface area contributed by atoms with Crippen molar-refractivity contribution in [1.82, 2.24) is 0 Å². The molecule has 1 aromatic rings. The molecule has 0 fully saturated rings. The van der Waals surface area contributed by atoms with Gasteiger partial charge in [0.15, 0.2) is 0 Å². The molecule has 17 heavy (non-hydrogen) atoms. The normalized spacial score (nSPS) is 13.5. The Labute approximate surface area is 103 Å². The lowest BCUT2D eigenvalue weighted by Crippen LogP contribution is -2.25. The molecule has 0 aliphatic heterocycles. The second-order valence-electron chi connectivity index (χ2n) is 4.78. The highest BCUT2D eigenvalue weighted by Gasteiger charge is 2.16. The van der Waals surface area contributed by atoms with Crippen molar-refractivity contribution in [3.8, 4) is 5.75 Å². The number of rotatable bonds is 6. The van der Waals surface area contributed by atoms with E-state index in [9.17, 15) is 5.11 Å². The van der Waals surface area contributed by atoms with Crippen molar-refractivity contribution in [2.75, 3.05) is 13.7 Å². The fourth-order valence-electron chi connectivity index (χ4n) is 1.47. The van der Waals surface area contributed by atoms with Crippen molar-refractivity contribution in [1.29, 1.82) is 0 Å². The van der Waals surface area contributed by atoms with Crippen LogP contribution in [0.25, 0.3) is 0 Å². The zero-order valence-corrected chi connectivity index (χ0v) is 11.1. The van der Waals surface area contributed by atoms with Gasteiger partial charge < -0.3 is 14.6 Å². The molecule has 0 spiro atoms. The number of methoxy groups -OCH3 is 1. The van der Waals surface area contributed by atoms with E-state index in [0.29, 0.717) is 6.61 Å². The Hall–Kier alpha value is -1.06. The van der Waals surface area contributed by atoms with Gasteiger partial charge in [-0.05, 0) is 26.8 Å². The Balaban J connectivity index is 2.58. The van der Waals surface area contributed by atoms with Gasteiger partial charge in [-0.25, -0.2) is 0 Å². The van der Waals surface area contributed by atoms with E-state index in [1.165, 1.54) is 0 Å². The molecule has 0 aromatic heterocycles. The summed E-state index contributed by atoms with van der Waals surface area (Å²) >= 11 is 0. The Kier molecular flexibility index (Phi) is 4.97. The zero-order chi connectivity index (χ0) is 12.9. The summed E-state index contributed by atoms with van der Waals surface area (Å²) in [7, 11) is 1.70.